The molecule has 3 amide bonds. The first-order valence-electron chi connectivity index (χ1n) is 7.48. The number of rotatable bonds is 4. The van der Waals surface area contributed by atoms with Crippen LogP contribution in [0.1, 0.15) is 10.4 Å². The van der Waals surface area contributed by atoms with Gasteiger partial charge in [0.2, 0.25) is 5.88 Å². The van der Waals surface area contributed by atoms with Gasteiger partial charge in [-0.05, 0) is 48.5 Å². The van der Waals surface area contributed by atoms with E-state index in [9.17, 15) is 9.59 Å². The van der Waals surface area contributed by atoms with Crippen LogP contribution in [0.3, 0.4) is 0 Å². The average molecular weight is 336 g/mol. The van der Waals surface area contributed by atoms with Gasteiger partial charge in [0.05, 0.1) is 12.6 Å². The van der Waals surface area contributed by atoms with Crippen LogP contribution < -0.4 is 21.1 Å². The minimum absolute atomic E-state index is 0.258. The number of nitrogens with two attached hydrogens (primary N) is 1. The summed E-state index contributed by atoms with van der Waals surface area (Å²) in [6.45, 7) is 0. The predicted octanol–water partition coefficient (Wildman–Crippen LogP) is 2.99. The third-order valence-corrected chi connectivity index (χ3v) is 3.55. The Labute approximate surface area is 143 Å². The zero-order valence-electron chi connectivity index (χ0n) is 13.4. The zero-order chi connectivity index (χ0) is 17.8. The van der Waals surface area contributed by atoms with Crippen molar-refractivity contribution >= 4 is 34.2 Å². The molecular weight excluding hydrogens is 320 g/mol. The molecule has 0 saturated heterocycles. The molecule has 0 fully saturated rings. The maximum atomic E-state index is 12.3. The lowest BCUT2D eigenvalue weighted by molar-refractivity contribution is 0.102. The monoisotopic (exact) mass is 336 g/mol. The van der Waals surface area contributed by atoms with E-state index >= 15 is 0 Å². The minimum Gasteiger partial charge on any atom is -0.481 e. The van der Waals surface area contributed by atoms with Crippen LogP contribution in [0, 0.1) is 0 Å². The Morgan fingerprint density at radius 3 is 2.36 bits per heavy atom. The number of fused-ring (bicyclic) bond motifs is 1. The molecule has 2 aromatic carbocycles. The second-order valence-corrected chi connectivity index (χ2v) is 5.28. The van der Waals surface area contributed by atoms with Crippen LogP contribution in [0.4, 0.5) is 16.2 Å². The van der Waals surface area contributed by atoms with Crippen molar-refractivity contribution in [2.24, 2.45) is 5.73 Å². The number of urea groups is 1. The SMILES string of the molecule is COc1ccc2cc(NC(=O)c3ccc(NC(N)=O)cc3)ccc2n1. The number of carbonyl (C=O) groups is 2. The molecule has 0 atom stereocenters. The van der Waals surface area contributed by atoms with Gasteiger partial charge in [0.25, 0.3) is 5.91 Å². The van der Waals surface area contributed by atoms with Gasteiger partial charge in [0.1, 0.15) is 0 Å². The van der Waals surface area contributed by atoms with Gasteiger partial charge in [0.15, 0.2) is 0 Å². The quantitative estimate of drug-likeness (QED) is 0.681. The first-order valence-corrected chi connectivity index (χ1v) is 7.48. The molecule has 3 rings (SSSR count). The number of amides is 3. The zero-order valence-corrected chi connectivity index (χ0v) is 13.4. The molecule has 0 saturated carbocycles. The number of aromatic nitrogens is 1. The number of hydrogen-bond acceptors (Lipinski definition) is 4. The largest absolute Gasteiger partial charge is 0.481 e. The number of carbonyl (C=O) groups excluding carboxylic acids is 2. The van der Waals surface area contributed by atoms with Crippen LogP contribution in [-0.4, -0.2) is 24.0 Å². The van der Waals surface area contributed by atoms with Gasteiger partial charge in [-0.1, -0.05) is 0 Å². The molecule has 0 aliphatic carbocycles. The van der Waals surface area contributed by atoms with Gasteiger partial charge >= 0.3 is 6.03 Å². The van der Waals surface area contributed by atoms with Crippen LogP contribution in [0.25, 0.3) is 10.9 Å². The molecule has 0 spiro atoms. The number of anilines is 2. The Bertz CT molecular complexity index is 939. The van der Waals surface area contributed by atoms with E-state index in [-0.39, 0.29) is 5.91 Å². The fourth-order valence-corrected chi connectivity index (χ4v) is 2.35. The highest BCUT2D eigenvalue weighted by molar-refractivity contribution is 6.05. The molecular formula is C18H16N4O3. The first kappa shape index (κ1) is 16.3. The maximum absolute atomic E-state index is 12.3. The number of nitrogens with one attached hydrogen (secondary N) is 2. The van der Waals surface area contributed by atoms with E-state index < -0.39 is 6.03 Å². The molecule has 126 valence electrons. The van der Waals surface area contributed by atoms with Crippen molar-refractivity contribution in [2.75, 3.05) is 17.7 Å². The second-order valence-electron chi connectivity index (χ2n) is 5.28. The number of nitrogens with zero attached hydrogens (tertiary/aromatic N) is 1. The molecule has 0 unspecified atom stereocenters. The minimum atomic E-state index is -0.654. The van der Waals surface area contributed by atoms with Crippen LogP contribution >= 0.6 is 0 Å². The molecule has 1 heterocycles. The molecule has 1 aromatic heterocycles. The molecule has 3 aromatic rings. The van der Waals surface area contributed by atoms with E-state index in [0.717, 1.165) is 10.9 Å². The highest BCUT2D eigenvalue weighted by Crippen LogP contribution is 2.21. The smallest absolute Gasteiger partial charge is 0.316 e. The predicted molar refractivity (Wildman–Crippen MR) is 95.9 cm³/mol. The van der Waals surface area contributed by atoms with Crippen LogP contribution in [0.2, 0.25) is 0 Å². The molecule has 0 radical (unpaired) electrons. The Balaban J connectivity index is 1.76. The summed E-state index contributed by atoms with van der Waals surface area (Å²) in [6.07, 6.45) is 0. The number of benzene rings is 2. The van der Waals surface area contributed by atoms with E-state index in [1.54, 1.807) is 43.5 Å². The highest BCUT2D eigenvalue weighted by atomic mass is 16.5. The van der Waals surface area contributed by atoms with Crippen molar-refractivity contribution in [2.45, 2.75) is 0 Å². The highest BCUT2D eigenvalue weighted by Gasteiger charge is 2.08. The number of methoxy groups -OCH3 is 1. The molecule has 0 bridgehead atoms. The van der Waals surface area contributed by atoms with Crippen molar-refractivity contribution in [1.82, 2.24) is 4.98 Å². The molecule has 4 N–H and O–H groups in total. The van der Waals surface area contributed by atoms with Crippen molar-refractivity contribution in [1.29, 1.82) is 0 Å². The summed E-state index contributed by atoms with van der Waals surface area (Å²) in [5.41, 5.74) is 7.46. The Hall–Kier alpha value is -3.61. The molecule has 7 nitrogen and oxygen atoms in total. The second kappa shape index (κ2) is 6.88. The Kier molecular flexibility index (Phi) is 4.47. The maximum Gasteiger partial charge on any atom is 0.316 e. The van der Waals surface area contributed by atoms with E-state index in [0.29, 0.717) is 22.8 Å². The standard InChI is InChI=1S/C18H16N4O3/c1-25-16-9-4-12-10-14(7-8-15(12)22-16)20-17(23)11-2-5-13(6-3-11)21-18(19)24/h2-10H,1H3,(H,20,23)(H3,19,21,24). The summed E-state index contributed by atoms with van der Waals surface area (Å²) in [5, 5.41) is 6.16. The van der Waals surface area contributed by atoms with Gasteiger partial charge in [0, 0.05) is 28.4 Å². The third-order valence-electron chi connectivity index (χ3n) is 3.55. The molecule has 0 aliphatic rings. The van der Waals surface area contributed by atoms with Crippen LogP contribution in [0.15, 0.2) is 54.6 Å². The number of primary amides is 1. The van der Waals surface area contributed by atoms with E-state index in [1.165, 1.54) is 0 Å². The van der Waals surface area contributed by atoms with Gasteiger partial charge in [-0.3, -0.25) is 4.79 Å². The van der Waals surface area contributed by atoms with Gasteiger partial charge in [-0.25, -0.2) is 9.78 Å². The number of hydrogen-bond donors (Lipinski definition) is 3. The number of ether oxygens (including phenoxy) is 1. The fraction of sp³-hybridized carbons (Fsp3) is 0.0556. The van der Waals surface area contributed by atoms with Crippen molar-refractivity contribution < 1.29 is 14.3 Å². The lowest BCUT2D eigenvalue weighted by Crippen LogP contribution is -2.19. The lowest BCUT2D eigenvalue weighted by Gasteiger charge is -2.08. The average Bonchev–Trinajstić information content (AvgIpc) is 2.61. The normalized spacial score (nSPS) is 10.3. The summed E-state index contributed by atoms with van der Waals surface area (Å²) in [5.74, 6) is 0.278. The van der Waals surface area contributed by atoms with Crippen molar-refractivity contribution in [3.8, 4) is 5.88 Å². The Morgan fingerprint density at radius 2 is 1.68 bits per heavy atom. The molecule has 25 heavy (non-hydrogen) atoms. The van der Waals surface area contributed by atoms with E-state index in [1.807, 2.05) is 18.2 Å². The van der Waals surface area contributed by atoms with Gasteiger partial charge < -0.3 is 21.1 Å². The van der Waals surface area contributed by atoms with Gasteiger partial charge in [-0.2, -0.15) is 0 Å². The molecule has 0 aliphatic heterocycles. The third kappa shape index (κ3) is 3.84. The van der Waals surface area contributed by atoms with Gasteiger partial charge in [-0.15, -0.1) is 0 Å². The van der Waals surface area contributed by atoms with Crippen LogP contribution in [0.5, 0.6) is 5.88 Å². The summed E-state index contributed by atoms with van der Waals surface area (Å²) in [4.78, 5) is 27.4. The summed E-state index contributed by atoms with van der Waals surface area (Å²) >= 11 is 0. The molecule has 7 heteroatoms. The number of pyridine rings is 1. The first-order chi connectivity index (χ1) is 12.0. The Morgan fingerprint density at radius 1 is 0.960 bits per heavy atom. The van der Waals surface area contributed by atoms with E-state index in [4.69, 9.17) is 10.5 Å². The summed E-state index contributed by atoms with van der Waals surface area (Å²) in [7, 11) is 1.56. The van der Waals surface area contributed by atoms with E-state index in [2.05, 4.69) is 15.6 Å². The van der Waals surface area contributed by atoms with Crippen molar-refractivity contribution in [3.63, 3.8) is 0 Å². The van der Waals surface area contributed by atoms with Crippen LogP contribution in [-0.2, 0) is 0 Å². The summed E-state index contributed by atoms with van der Waals surface area (Å²) in [6, 6.07) is 14.8. The lowest BCUT2D eigenvalue weighted by atomic mass is 10.1. The topological polar surface area (TPSA) is 106 Å². The fourth-order valence-electron chi connectivity index (χ4n) is 2.35. The summed E-state index contributed by atoms with van der Waals surface area (Å²) < 4.78 is 5.09. The van der Waals surface area contributed by atoms with Crippen molar-refractivity contribution in [3.05, 3.63) is 60.2 Å².